The summed E-state index contributed by atoms with van der Waals surface area (Å²) in [4.78, 5) is 0. The maximum atomic E-state index is 11.8. The molecule has 1 saturated heterocycles. The van der Waals surface area contributed by atoms with E-state index in [1.54, 1.807) is 4.31 Å². The molecule has 0 amide bonds. The molecule has 0 aromatic heterocycles. The van der Waals surface area contributed by atoms with Gasteiger partial charge in [0, 0.05) is 12.6 Å². The summed E-state index contributed by atoms with van der Waals surface area (Å²) in [6.07, 6.45) is 3.02. The number of hydrogen-bond donors (Lipinski definition) is 0. The summed E-state index contributed by atoms with van der Waals surface area (Å²) in [5, 5.41) is 0. The fourth-order valence-electron chi connectivity index (χ4n) is 2.74. The van der Waals surface area contributed by atoms with E-state index in [-0.39, 0.29) is 6.04 Å². The molecule has 1 unspecified atom stereocenters. The Labute approximate surface area is 113 Å². The monoisotopic (exact) mass is 283 g/mol. The molecule has 0 radical (unpaired) electrons. The number of benzene rings is 1. The zero-order valence-electron chi connectivity index (χ0n) is 10.8. The van der Waals surface area contributed by atoms with Crippen LogP contribution in [0.5, 0.6) is 11.5 Å². The van der Waals surface area contributed by atoms with Crippen LogP contribution in [-0.4, -0.2) is 38.7 Å². The van der Waals surface area contributed by atoms with Gasteiger partial charge in [-0.05, 0) is 30.5 Å². The first kappa shape index (κ1) is 12.7. The predicted molar refractivity (Wildman–Crippen MR) is 71.0 cm³/mol. The van der Waals surface area contributed by atoms with Crippen molar-refractivity contribution in [2.45, 2.75) is 18.9 Å². The van der Waals surface area contributed by atoms with Gasteiger partial charge in [0.1, 0.15) is 13.2 Å². The van der Waals surface area contributed by atoms with Gasteiger partial charge in [-0.2, -0.15) is 4.31 Å². The van der Waals surface area contributed by atoms with E-state index in [2.05, 4.69) is 0 Å². The molecule has 1 fully saturated rings. The second kappa shape index (κ2) is 4.68. The molecule has 1 aromatic carbocycles. The number of nitrogens with zero attached hydrogens (tertiary/aromatic N) is 1. The van der Waals surface area contributed by atoms with E-state index >= 15 is 0 Å². The molecule has 1 atom stereocenters. The zero-order valence-corrected chi connectivity index (χ0v) is 11.6. The van der Waals surface area contributed by atoms with Crippen LogP contribution in [0.2, 0.25) is 0 Å². The lowest BCUT2D eigenvalue weighted by Gasteiger charge is -2.24. The number of hydrogen-bond acceptors (Lipinski definition) is 4. The van der Waals surface area contributed by atoms with Gasteiger partial charge in [0.25, 0.3) is 0 Å². The van der Waals surface area contributed by atoms with Crippen LogP contribution in [0.15, 0.2) is 18.2 Å². The minimum Gasteiger partial charge on any atom is -0.486 e. The SMILES string of the molecule is CS(=O)(=O)N1CCCC1c1ccc2c(c1)OCCO2. The Kier molecular flexibility index (Phi) is 3.14. The van der Waals surface area contributed by atoms with Crippen LogP contribution in [-0.2, 0) is 10.0 Å². The molecule has 2 aliphatic rings. The van der Waals surface area contributed by atoms with Crippen molar-refractivity contribution in [2.75, 3.05) is 26.0 Å². The summed E-state index contributed by atoms with van der Waals surface area (Å²) < 4.78 is 36.1. The van der Waals surface area contributed by atoms with Crippen molar-refractivity contribution in [1.29, 1.82) is 0 Å². The standard InChI is InChI=1S/C13H17NO4S/c1-19(15,16)14-6-2-3-11(14)10-4-5-12-13(9-10)18-8-7-17-12/h4-5,9,11H,2-3,6-8H2,1H3. The topological polar surface area (TPSA) is 55.8 Å². The van der Waals surface area contributed by atoms with Crippen molar-refractivity contribution in [2.24, 2.45) is 0 Å². The molecule has 5 nitrogen and oxygen atoms in total. The lowest BCUT2D eigenvalue weighted by molar-refractivity contribution is 0.171. The van der Waals surface area contributed by atoms with Crippen LogP contribution in [0.25, 0.3) is 0 Å². The van der Waals surface area contributed by atoms with E-state index in [0.717, 1.165) is 24.2 Å². The van der Waals surface area contributed by atoms with Crippen molar-refractivity contribution < 1.29 is 17.9 Å². The highest BCUT2D eigenvalue weighted by Gasteiger charge is 2.33. The van der Waals surface area contributed by atoms with Gasteiger partial charge in [0.05, 0.1) is 6.26 Å². The molecule has 0 saturated carbocycles. The fraction of sp³-hybridized carbons (Fsp3) is 0.538. The molecule has 0 aliphatic carbocycles. The van der Waals surface area contributed by atoms with Crippen molar-refractivity contribution in [3.63, 3.8) is 0 Å². The first-order chi connectivity index (χ1) is 9.05. The van der Waals surface area contributed by atoms with Crippen molar-refractivity contribution >= 4 is 10.0 Å². The quantitative estimate of drug-likeness (QED) is 0.826. The minimum atomic E-state index is -3.16. The second-order valence-electron chi connectivity index (χ2n) is 4.93. The average Bonchev–Trinajstić information content (AvgIpc) is 2.87. The highest BCUT2D eigenvalue weighted by molar-refractivity contribution is 7.88. The van der Waals surface area contributed by atoms with Crippen LogP contribution < -0.4 is 9.47 Å². The minimum absolute atomic E-state index is 0.0779. The molecule has 2 aliphatic heterocycles. The third-order valence-electron chi connectivity index (χ3n) is 3.58. The van der Waals surface area contributed by atoms with Gasteiger partial charge in [-0.1, -0.05) is 6.07 Å². The number of sulfonamides is 1. The molecule has 0 bridgehead atoms. The van der Waals surface area contributed by atoms with Crippen LogP contribution in [0.1, 0.15) is 24.4 Å². The van der Waals surface area contributed by atoms with Crippen molar-refractivity contribution in [3.05, 3.63) is 23.8 Å². The summed E-state index contributed by atoms with van der Waals surface area (Å²) in [7, 11) is -3.16. The zero-order chi connectivity index (χ0) is 13.5. The third-order valence-corrected chi connectivity index (χ3v) is 4.87. The third kappa shape index (κ3) is 2.42. The molecule has 0 N–H and O–H groups in total. The smallest absolute Gasteiger partial charge is 0.211 e. The van der Waals surface area contributed by atoms with Gasteiger partial charge in [-0.25, -0.2) is 8.42 Å². The Morgan fingerprint density at radius 3 is 2.68 bits per heavy atom. The second-order valence-corrected chi connectivity index (χ2v) is 6.87. The van der Waals surface area contributed by atoms with Crippen molar-refractivity contribution in [1.82, 2.24) is 4.31 Å². The molecule has 104 valence electrons. The average molecular weight is 283 g/mol. The van der Waals surface area contributed by atoms with E-state index in [0.29, 0.717) is 25.5 Å². The molecule has 19 heavy (non-hydrogen) atoms. The Bertz CT molecular complexity index is 584. The Hall–Kier alpha value is -1.27. The van der Waals surface area contributed by atoms with E-state index < -0.39 is 10.0 Å². The molecular weight excluding hydrogens is 266 g/mol. The summed E-state index contributed by atoms with van der Waals surface area (Å²) in [5.74, 6) is 1.45. The summed E-state index contributed by atoms with van der Waals surface area (Å²) in [5.41, 5.74) is 0.979. The fourth-order valence-corrected chi connectivity index (χ4v) is 3.89. The van der Waals surface area contributed by atoms with Gasteiger partial charge in [-0.3, -0.25) is 0 Å². The van der Waals surface area contributed by atoms with E-state index in [4.69, 9.17) is 9.47 Å². The highest BCUT2D eigenvalue weighted by atomic mass is 32.2. The van der Waals surface area contributed by atoms with E-state index in [1.807, 2.05) is 18.2 Å². The highest BCUT2D eigenvalue weighted by Crippen LogP contribution is 2.38. The number of rotatable bonds is 2. The van der Waals surface area contributed by atoms with Crippen LogP contribution in [0.3, 0.4) is 0 Å². The van der Waals surface area contributed by atoms with E-state index in [9.17, 15) is 8.42 Å². The lowest BCUT2D eigenvalue weighted by Crippen LogP contribution is -2.29. The van der Waals surface area contributed by atoms with Gasteiger partial charge in [0.2, 0.25) is 10.0 Å². The normalized spacial score (nSPS) is 23.5. The van der Waals surface area contributed by atoms with Gasteiger partial charge in [0.15, 0.2) is 11.5 Å². The Morgan fingerprint density at radius 2 is 1.95 bits per heavy atom. The summed E-state index contributed by atoms with van der Waals surface area (Å²) in [6.45, 7) is 1.69. The van der Waals surface area contributed by atoms with Gasteiger partial charge in [-0.15, -0.1) is 0 Å². The van der Waals surface area contributed by atoms with Crippen LogP contribution >= 0.6 is 0 Å². The Balaban J connectivity index is 1.93. The largest absolute Gasteiger partial charge is 0.486 e. The molecule has 2 heterocycles. The number of ether oxygens (including phenoxy) is 2. The van der Waals surface area contributed by atoms with E-state index in [1.165, 1.54) is 6.26 Å². The summed E-state index contributed by atoms with van der Waals surface area (Å²) >= 11 is 0. The Morgan fingerprint density at radius 1 is 1.21 bits per heavy atom. The molecular formula is C13H17NO4S. The molecule has 0 spiro atoms. The van der Waals surface area contributed by atoms with Gasteiger partial charge >= 0.3 is 0 Å². The maximum Gasteiger partial charge on any atom is 0.211 e. The predicted octanol–water partition coefficient (Wildman–Crippen LogP) is 1.55. The van der Waals surface area contributed by atoms with Crippen LogP contribution in [0, 0.1) is 0 Å². The first-order valence-corrected chi connectivity index (χ1v) is 8.27. The maximum absolute atomic E-state index is 11.8. The van der Waals surface area contributed by atoms with Gasteiger partial charge < -0.3 is 9.47 Å². The van der Waals surface area contributed by atoms with Crippen LogP contribution in [0.4, 0.5) is 0 Å². The molecule has 3 rings (SSSR count). The number of fused-ring (bicyclic) bond motifs is 1. The first-order valence-electron chi connectivity index (χ1n) is 6.42. The molecule has 6 heteroatoms. The molecule has 1 aromatic rings. The summed E-state index contributed by atoms with van der Waals surface area (Å²) in [6, 6.07) is 5.62. The van der Waals surface area contributed by atoms with Crippen molar-refractivity contribution in [3.8, 4) is 11.5 Å². The lowest BCUT2D eigenvalue weighted by atomic mass is 10.0.